The van der Waals surface area contributed by atoms with Crippen molar-refractivity contribution in [2.45, 2.75) is 6.92 Å². The topological polar surface area (TPSA) is 104 Å². The highest BCUT2D eigenvalue weighted by Gasteiger charge is 2.12. The van der Waals surface area contributed by atoms with Gasteiger partial charge in [0.2, 0.25) is 5.13 Å². The Labute approximate surface area is 116 Å². The highest BCUT2D eigenvalue weighted by Crippen LogP contribution is 2.16. The molecule has 0 aliphatic heterocycles. The zero-order chi connectivity index (χ0) is 14.7. The van der Waals surface area contributed by atoms with Gasteiger partial charge in [0.05, 0.1) is 5.56 Å². The summed E-state index contributed by atoms with van der Waals surface area (Å²) < 4.78 is 17.1. The van der Waals surface area contributed by atoms with Crippen molar-refractivity contribution in [3.63, 3.8) is 0 Å². The first kappa shape index (κ1) is 13.9. The molecule has 0 aliphatic rings. The normalized spacial score (nSPS) is 10.1. The molecule has 104 valence electrons. The fraction of sp³-hybridized carbons (Fsp3) is 0.0909. The van der Waals surface area contributed by atoms with E-state index in [9.17, 15) is 14.0 Å². The van der Waals surface area contributed by atoms with Crippen LogP contribution in [0.5, 0.6) is 0 Å². The number of aryl methyl sites for hydroxylation is 1. The highest BCUT2D eigenvalue weighted by atomic mass is 32.1. The predicted molar refractivity (Wildman–Crippen MR) is 70.6 cm³/mol. The fourth-order valence-electron chi connectivity index (χ4n) is 1.37. The van der Waals surface area contributed by atoms with E-state index in [1.165, 1.54) is 6.07 Å². The van der Waals surface area contributed by atoms with Crippen LogP contribution in [0.3, 0.4) is 0 Å². The Morgan fingerprint density at radius 1 is 1.35 bits per heavy atom. The van der Waals surface area contributed by atoms with Crippen LogP contribution in [0.1, 0.15) is 16.2 Å². The maximum absolute atomic E-state index is 13.2. The second-order valence-electron chi connectivity index (χ2n) is 3.73. The van der Waals surface area contributed by atoms with Crippen molar-refractivity contribution in [3.05, 3.63) is 35.4 Å². The van der Waals surface area contributed by atoms with Gasteiger partial charge < -0.3 is 10.4 Å². The summed E-state index contributed by atoms with van der Waals surface area (Å²) in [7, 11) is 0. The summed E-state index contributed by atoms with van der Waals surface area (Å²) in [6.45, 7) is 1.68. The van der Waals surface area contributed by atoms with Gasteiger partial charge in [0.25, 0.3) is 0 Å². The number of nitrogens with zero attached hydrogens (tertiary/aromatic N) is 2. The van der Waals surface area contributed by atoms with Crippen LogP contribution in [0.2, 0.25) is 0 Å². The van der Waals surface area contributed by atoms with Crippen LogP contribution in [-0.4, -0.2) is 26.5 Å². The van der Waals surface area contributed by atoms with Crippen molar-refractivity contribution in [2.24, 2.45) is 0 Å². The molecule has 0 radical (unpaired) electrons. The number of carbonyl (C=O) groups excluding carboxylic acids is 1. The number of aromatic carboxylic acids is 1. The van der Waals surface area contributed by atoms with Gasteiger partial charge in [0.1, 0.15) is 11.6 Å². The first-order valence-corrected chi connectivity index (χ1v) is 6.14. The molecule has 2 aromatic rings. The van der Waals surface area contributed by atoms with Crippen LogP contribution >= 0.6 is 11.5 Å². The number of amides is 2. The van der Waals surface area contributed by atoms with Crippen molar-refractivity contribution < 1.29 is 19.1 Å². The lowest BCUT2D eigenvalue weighted by Crippen LogP contribution is -2.19. The summed E-state index contributed by atoms with van der Waals surface area (Å²) in [5, 5.41) is 13.9. The first-order valence-electron chi connectivity index (χ1n) is 5.37. The Balaban J connectivity index is 2.08. The van der Waals surface area contributed by atoms with Gasteiger partial charge >= 0.3 is 12.0 Å². The van der Waals surface area contributed by atoms with Crippen molar-refractivity contribution in [1.82, 2.24) is 9.36 Å². The summed E-state index contributed by atoms with van der Waals surface area (Å²) in [4.78, 5) is 26.3. The molecule has 0 spiro atoms. The molecule has 20 heavy (non-hydrogen) atoms. The number of urea groups is 1. The number of nitrogens with one attached hydrogen (secondary N) is 2. The van der Waals surface area contributed by atoms with Gasteiger partial charge in [-0.15, -0.1) is 0 Å². The molecular formula is C11H9FN4O3S. The van der Waals surface area contributed by atoms with E-state index in [0.717, 1.165) is 23.7 Å². The summed E-state index contributed by atoms with van der Waals surface area (Å²) in [6, 6.07) is 2.63. The van der Waals surface area contributed by atoms with Crippen molar-refractivity contribution >= 4 is 34.4 Å². The molecular weight excluding hydrogens is 287 g/mol. The van der Waals surface area contributed by atoms with Gasteiger partial charge in [-0.2, -0.15) is 4.37 Å². The lowest BCUT2D eigenvalue weighted by Gasteiger charge is -2.06. The molecule has 0 bridgehead atoms. The van der Waals surface area contributed by atoms with E-state index < -0.39 is 23.4 Å². The summed E-state index contributed by atoms with van der Waals surface area (Å²) in [5.74, 6) is -1.75. The minimum absolute atomic E-state index is 0.155. The molecule has 0 atom stereocenters. The van der Waals surface area contributed by atoms with Gasteiger partial charge in [-0.1, -0.05) is 0 Å². The molecule has 0 aliphatic carbocycles. The molecule has 1 aromatic carbocycles. The molecule has 2 amide bonds. The average Bonchev–Trinajstić information content (AvgIpc) is 2.76. The summed E-state index contributed by atoms with van der Waals surface area (Å²) >= 11 is 1.01. The maximum Gasteiger partial charge on any atom is 0.338 e. The van der Waals surface area contributed by atoms with Crippen molar-refractivity contribution in [3.8, 4) is 0 Å². The monoisotopic (exact) mass is 296 g/mol. The van der Waals surface area contributed by atoms with Gasteiger partial charge in [-0.3, -0.25) is 5.32 Å². The van der Waals surface area contributed by atoms with E-state index in [-0.39, 0.29) is 5.69 Å². The number of carboxylic acid groups (broad SMARTS) is 1. The van der Waals surface area contributed by atoms with Gasteiger partial charge in [0, 0.05) is 17.2 Å². The molecule has 1 aromatic heterocycles. The number of aromatic nitrogens is 2. The van der Waals surface area contributed by atoms with E-state index in [2.05, 4.69) is 20.0 Å². The van der Waals surface area contributed by atoms with Crippen LogP contribution in [0, 0.1) is 12.7 Å². The van der Waals surface area contributed by atoms with Gasteiger partial charge in [0.15, 0.2) is 0 Å². The highest BCUT2D eigenvalue weighted by molar-refractivity contribution is 7.09. The largest absolute Gasteiger partial charge is 0.478 e. The molecule has 0 fully saturated rings. The minimum Gasteiger partial charge on any atom is -0.478 e. The lowest BCUT2D eigenvalue weighted by atomic mass is 10.2. The molecule has 0 saturated heterocycles. The number of hydrogen-bond donors (Lipinski definition) is 3. The van der Waals surface area contributed by atoms with Gasteiger partial charge in [-0.05, 0) is 25.1 Å². The summed E-state index contributed by atoms with van der Waals surface area (Å²) in [5.41, 5.74) is -0.364. The molecule has 0 saturated carbocycles. The Morgan fingerprint density at radius 2 is 2.10 bits per heavy atom. The van der Waals surface area contributed by atoms with Gasteiger partial charge in [-0.25, -0.2) is 19.0 Å². The number of carbonyl (C=O) groups is 2. The van der Waals surface area contributed by atoms with Crippen LogP contribution < -0.4 is 10.6 Å². The zero-order valence-corrected chi connectivity index (χ0v) is 11.0. The lowest BCUT2D eigenvalue weighted by molar-refractivity contribution is 0.0692. The molecule has 3 N–H and O–H groups in total. The average molecular weight is 296 g/mol. The van der Waals surface area contributed by atoms with Crippen molar-refractivity contribution in [2.75, 3.05) is 10.6 Å². The number of halogens is 1. The minimum atomic E-state index is -1.41. The number of rotatable bonds is 3. The third-order valence-electron chi connectivity index (χ3n) is 2.20. The molecule has 2 rings (SSSR count). The van der Waals surface area contributed by atoms with Crippen LogP contribution in [0.4, 0.5) is 20.0 Å². The third-order valence-corrected chi connectivity index (χ3v) is 2.92. The van der Waals surface area contributed by atoms with E-state index in [4.69, 9.17) is 5.11 Å². The number of hydrogen-bond acceptors (Lipinski definition) is 5. The number of benzene rings is 1. The molecule has 7 nitrogen and oxygen atoms in total. The zero-order valence-electron chi connectivity index (χ0n) is 10.2. The Bertz CT molecular complexity index is 673. The number of carboxylic acids is 1. The summed E-state index contributed by atoms with van der Waals surface area (Å²) in [6.07, 6.45) is 0. The standard InChI is InChI=1S/C11H9FN4O3S/c1-5-13-11(20-16-5)15-10(19)14-6-2-3-8(12)7(4-6)9(17)18/h2-4H,1H3,(H,17,18)(H2,13,14,15,16,19). The van der Waals surface area contributed by atoms with E-state index in [0.29, 0.717) is 11.0 Å². The second-order valence-corrected chi connectivity index (χ2v) is 4.48. The predicted octanol–water partition coefficient (Wildman–Crippen LogP) is 2.33. The maximum atomic E-state index is 13.2. The quantitative estimate of drug-likeness (QED) is 0.806. The Kier molecular flexibility index (Phi) is 3.89. The number of anilines is 2. The smallest absolute Gasteiger partial charge is 0.338 e. The van der Waals surface area contributed by atoms with Crippen LogP contribution in [-0.2, 0) is 0 Å². The molecule has 1 heterocycles. The van der Waals surface area contributed by atoms with Crippen LogP contribution in [0.25, 0.3) is 0 Å². The van der Waals surface area contributed by atoms with Crippen molar-refractivity contribution in [1.29, 1.82) is 0 Å². The Morgan fingerprint density at radius 3 is 2.70 bits per heavy atom. The van der Waals surface area contributed by atoms with Crippen LogP contribution in [0.15, 0.2) is 18.2 Å². The molecule has 0 unspecified atom stereocenters. The van der Waals surface area contributed by atoms with E-state index in [1.807, 2.05) is 0 Å². The molecule has 9 heteroatoms. The van der Waals surface area contributed by atoms with E-state index >= 15 is 0 Å². The second kappa shape index (κ2) is 5.61. The fourth-order valence-corrected chi connectivity index (χ4v) is 1.94. The SMILES string of the molecule is Cc1nsc(NC(=O)Nc2ccc(F)c(C(=O)O)c2)n1. The third kappa shape index (κ3) is 3.26. The Hall–Kier alpha value is -2.55. The first-order chi connectivity index (χ1) is 9.45. The van der Waals surface area contributed by atoms with E-state index in [1.54, 1.807) is 6.92 Å².